The van der Waals surface area contributed by atoms with Gasteiger partial charge in [0.15, 0.2) is 5.13 Å². The van der Waals surface area contributed by atoms with Gasteiger partial charge in [0.25, 0.3) is 5.56 Å². The van der Waals surface area contributed by atoms with Crippen molar-refractivity contribution in [2.24, 2.45) is 11.7 Å². The van der Waals surface area contributed by atoms with Crippen LogP contribution in [-0.4, -0.2) is 48.5 Å². The van der Waals surface area contributed by atoms with Crippen molar-refractivity contribution in [1.29, 1.82) is 0 Å². The summed E-state index contributed by atoms with van der Waals surface area (Å²) in [4.78, 5) is 32.6. The van der Waals surface area contributed by atoms with Crippen LogP contribution in [0.25, 0.3) is 10.1 Å². The molecule has 2 aliphatic rings. The van der Waals surface area contributed by atoms with Crippen LogP contribution in [0.5, 0.6) is 0 Å². The lowest BCUT2D eigenvalue weighted by Crippen LogP contribution is -2.48. The molecule has 2 N–H and O–H groups in total. The lowest BCUT2D eigenvalue weighted by atomic mass is 9.89. The number of amides is 1. The van der Waals surface area contributed by atoms with Crippen LogP contribution in [0.2, 0.25) is 0 Å². The SMILES string of the molecule is NC(=O)CCc1cc(C(F)(F)F)cc2c(=O)nc(N3CCN(CC4CCCCC4)CC3)sc12. The first-order chi connectivity index (χ1) is 15.7. The van der Waals surface area contributed by atoms with Crippen LogP contribution in [-0.2, 0) is 17.4 Å². The molecular weight excluding hydrogens is 453 g/mol. The Bertz CT molecular complexity index is 1060. The molecule has 180 valence electrons. The second kappa shape index (κ2) is 9.97. The van der Waals surface area contributed by atoms with Gasteiger partial charge in [-0.25, -0.2) is 0 Å². The summed E-state index contributed by atoms with van der Waals surface area (Å²) < 4.78 is 40.6. The van der Waals surface area contributed by atoms with Crippen LogP contribution < -0.4 is 16.2 Å². The van der Waals surface area contributed by atoms with Gasteiger partial charge in [-0.15, -0.1) is 0 Å². The second-order valence-corrected chi connectivity index (χ2v) is 10.0. The Morgan fingerprint density at radius 2 is 1.82 bits per heavy atom. The minimum Gasteiger partial charge on any atom is -0.370 e. The van der Waals surface area contributed by atoms with Gasteiger partial charge in [-0.05, 0) is 42.9 Å². The van der Waals surface area contributed by atoms with Crippen LogP contribution in [0.3, 0.4) is 0 Å². The third-order valence-corrected chi connectivity index (χ3v) is 7.86. The number of alkyl halides is 3. The number of nitrogens with zero attached hydrogens (tertiary/aromatic N) is 3. The molecule has 2 fully saturated rings. The molecule has 0 atom stereocenters. The van der Waals surface area contributed by atoms with Gasteiger partial charge in [0, 0.05) is 43.8 Å². The zero-order valence-corrected chi connectivity index (χ0v) is 19.3. The minimum atomic E-state index is -4.60. The van der Waals surface area contributed by atoms with Crippen molar-refractivity contribution >= 4 is 32.5 Å². The number of nitrogens with two attached hydrogens (primary N) is 1. The lowest BCUT2D eigenvalue weighted by Gasteiger charge is -2.37. The quantitative estimate of drug-likeness (QED) is 0.678. The number of rotatable bonds is 6. The average molecular weight is 483 g/mol. The molecule has 1 amide bonds. The van der Waals surface area contributed by atoms with Crippen molar-refractivity contribution in [1.82, 2.24) is 9.88 Å². The number of aromatic nitrogens is 1. The highest BCUT2D eigenvalue weighted by Crippen LogP contribution is 2.36. The van der Waals surface area contributed by atoms with E-state index in [-0.39, 0.29) is 18.2 Å². The first-order valence-electron chi connectivity index (χ1n) is 11.5. The minimum absolute atomic E-state index is 0.0459. The van der Waals surface area contributed by atoms with Crippen molar-refractivity contribution in [2.45, 2.75) is 51.1 Å². The fraction of sp³-hybridized carbons (Fsp3) is 0.609. The molecule has 1 saturated carbocycles. The molecule has 1 aliphatic carbocycles. The highest BCUT2D eigenvalue weighted by Gasteiger charge is 2.32. The lowest BCUT2D eigenvalue weighted by molar-refractivity contribution is -0.137. The van der Waals surface area contributed by atoms with E-state index in [9.17, 15) is 22.8 Å². The molecule has 6 nitrogen and oxygen atoms in total. The predicted octanol–water partition coefficient (Wildman–Crippen LogP) is 3.80. The van der Waals surface area contributed by atoms with E-state index in [1.165, 1.54) is 43.4 Å². The number of benzene rings is 1. The molecule has 33 heavy (non-hydrogen) atoms. The fourth-order valence-corrected chi connectivity index (χ4v) is 6.00. The number of aryl methyl sites for hydroxylation is 1. The molecule has 1 aliphatic heterocycles. The summed E-state index contributed by atoms with van der Waals surface area (Å²) in [5.41, 5.74) is 3.94. The standard InChI is InChI=1S/C23H29F3N4O2S/c24-23(25,26)17-12-16(6-7-19(27)31)20-18(13-17)21(32)28-22(33-20)30-10-8-29(9-11-30)14-15-4-2-1-3-5-15/h12-13,15H,1-11,14H2,(H2,27,31). The van der Waals surface area contributed by atoms with E-state index in [4.69, 9.17) is 5.73 Å². The van der Waals surface area contributed by atoms with Crippen molar-refractivity contribution in [3.8, 4) is 0 Å². The van der Waals surface area contributed by atoms with Gasteiger partial charge < -0.3 is 10.6 Å². The Morgan fingerprint density at radius 1 is 1.12 bits per heavy atom. The van der Waals surface area contributed by atoms with Gasteiger partial charge >= 0.3 is 6.18 Å². The molecular formula is C23H29F3N4O2S. The van der Waals surface area contributed by atoms with E-state index in [2.05, 4.69) is 9.88 Å². The number of hydrogen-bond donors (Lipinski definition) is 1. The maximum absolute atomic E-state index is 13.4. The van der Waals surface area contributed by atoms with E-state index >= 15 is 0 Å². The third-order valence-electron chi connectivity index (χ3n) is 6.64. The maximum atomic E-state index is 13.4. The van der Waals surface area contributed by atoms with Gasteiger partial charge in [0.1, 0.15) is 0 Å². The molecule has 10 heteroatoms. The molecule has 1 saturated heterocycles. The highest BCUT2D eigenvalue weighted by molar-refractivity contribution is 7.21. The Labute approximate surface area is 194 Å². The largest absolute Gasteiger partial charge is 0.416 e. The van der Waals surface area contributed by atoms with Crippen LogP contribution in [0, 0.1) is 5.92 Å². The van der Waals surface area contributed by atoms with Gasteiger partial charge in [-0.3, -0.25) is 14.5 Å². The highest BCUT2D eigenvalue weighted by atomic mass is 32.1. The number of piperazine rings is 1. The molecule has 1 aromatic carbocycles. The van der Waals surface area contributed by atoms with Crippen molar-refractivity contribution in [3.05, 3.63) is 33.6 Å². The van der Waals surface area contributed by atoms with E-state index < -0.39 is 23.2 Å². The number of fused-ring (bicyclic) bond motifs is 1. The monoisotopic (exact) mass is 482 g/mol. The van der Waals surface area contributed by atoms with E-state index in [1.807, 2.05) is 4.90 Å². The van der Waals surface area contributed by atoms with E-state index in [0.29, 0.717) is 15.4 Å². The van der Waals surface area contributed by atoms with E-state index in [0.717, 1.165) is 50.8 Å². The molecule has 2 aromatic rings. The number of carbonyl (C=O) groups excluding carboxylic acids is 1. The topological polar surface area (TPSA) is 79.5 Å². The normalized spacial score (nSPS) is 18.7. The summed E-state index contributed by atoms with van der Waals surface area (Å²) in [7, 11) is 0. The molecule has 2 heterocycles. The zero-order chi connectivity index (χ0) is 23.6. The van der Waals surface area contributed by atoms with Gasteiger partial charge in [0.2, 0.25) is 5.91 Å². The second-order valence-electron chi connectivity index (χ2n) is 9.07. The van der Waals surface area contributed by atoms with Gasteiger partial charge in [-0.2, -0.15) is 18.2 Å². The molecule has 0 radical (unpaired) electrons. The summed E-state index contributed by atoms with van der Waals surface area (Å²) in [5, 5.41) is 0.457. The Hall–Kier alpha value is -2.20. The molecule has 0 bridgehead atoms. The summed E-state index contributed by atoms with van der Waals surface area (Å²) >= 11 is 1.22. The summed E-state index contributed by atoms with van der Waals surface area (Å²) in [5.74, 6) is 0.159. The van der Waals surface area contributed by atoms with Crippen LogP contribution >= 0.6 is 11.3 Å². The zero-order valence-electron chi connectivity index (χ0n) is 18.5. The average Bonchev–Trinajstić information content (AvgIpc) is 2.78. The Kier molecular flexibility index (Phi) is 7.23. The summed E-state index contributed by atoms with van der Waals surface area (Å²) in [6.45, 7) is 4.29. The van der Waals surface area contributed by atoms with Crippen LogP contribution in [0.15, 0.2) is 16.9 Å². The number of anilines is 1. The predicted molar refractivity (Wildman–Crippen MR) is 124 cm³/mol. The van der Waals surface area contributed by atoms with Gasteiger partial charge in [-0.1, -0.05) is 30.6 Å². The fourth-order valence-electron chi connectivity index (χ4n) is 4.83. The number of primary amides is 1. The van der Waals surface area contributed by atoms with Crippen molar-refractivity contribution in [3.63, 3.8) is 0 Å². The van der Waals surface area contributed by atoms with Crippen molar-refractivity contribution in [2.75, 3.05) is 37.6 Å². The summed E-state index contributed by atoms with van der Waals surface area (Å²) in [6, 6.07) is 1.88. The number of halogens is 3. The summed E-state index contributed by atoms with van der Waals surface area (Å²) in [6.07, 6.45) is 1.91. The Balaban J connectivity index is 1.57. The molecule has 4 rings (SSSR count). The van der Waals surface area contributed by atoms with E-state index in [1.54, 1.807) is 0 Å². The van der Waals surface area contributed by atoms with Crippen LogP contribution in [0.1, 0.15) is 49.7 Å². The molecule has 0 spiro atoms. The van der Waals surface area contributed by atoms with Gasteiger partial charge in [0.05, 0.1) is 10.9 Å². The number of hydrogen-bond acceptors (Lipinski definition) is 6. The molecule has 0 unspecified atom stereocenters. The molecule has 1 aromatic heterocycles. The van der Waals surface area contributed by atoms with Crippen molar-refractivity contribution < 1.29 is 18.0 Å². The smallest absolute Gasteiger partial charge is 0.370 e. The third kappa shape index (κ3) is 5.84. The maximum Gasteiger partial charge on any atom is 0.416 e. The number of carbonyl (C=O) groups is 1. The van der Waals surface area contributed by atoms with Crippen LogP contribution in [0.4, 0.5) is 18.3 Å². The Morgan fingerprint density at radius 3 is 2.45 bits per heavy atom. The first-order valence-corrected chi connectivity index (χ1v) is 12.3. The first kappa shape index (κ1) is 23.9.